The van der Waals surface area contributed by atoms with E-state index >= 15 is 0 Å². The minimum Gasteiger partial charge on any atom is -0.478 e. The molecule has 0 spiro atoms. The highest BCUT2D eigenvalue weighted by Crippen LogP contribution is 2.41. The molecule has 3 aromatic rings. The number of rotatable bonds is 8. The standard InChI is InChI=1S/C31H30F3NO2/c32-14-3-15-35-18-21(19-35)16-20-8-10-22(11-9-20)29-25-13-12-24(31(36)37)17-23(25)4-1-5-26(29)30-27(33)6-2-7-28(30)34/h2,6-13,17,21H,1,3-5,14-16,18-19H2,(H,36,37). The molecule has 192 valence electrons. The molecule has 1 N–H and O–H groups in total. The maximum absolute atomic E-state index is 15.0. The van der Waals surface area contributed by atoms with E-state index in [2.05, 4.69) is 17.0 Å². The summed E-state index contributed by atoms with van der Waals surface area (Å²) >= 11 is 0. The zero-order valence-electron chi connectivity index (χ0n) is 20.7. The SMILES string of the molecule is O=C(O)c1ccc2c(c1)CCCC(c1c(F)cccc1F)=C2c1ccc(CC2CN(CCCF)C2)cc1. The number of aryl methyl sites for hydroxylation is 1. The van der Waals surface area contributed by atoms with Crippen molar-refractivity contribution < 1.29 is 23.1 Å². The fourth-order valence-electron chi connectivity index (χ4n) is 5.70. The molecule has 0 radical (unpaired) electrons. The van der Waals surface area contributed by atoms with Crippen LogP contribution in [-0.2, 0) is 12.8 Å². The van der Waals surface area contributed by atoms with Gasteiger partial charge in [-0.05, 0) is 95.7 Å². The van der Waals surface area contributed by atoms with Crippen LogP contribution in [0.3, 0.4) is 0 Å². The van der Waals surface area contributed by atoms with Crippen molar-refractivity contribution in [2.24, 2.45) is 5.92 Å². The Morgan fingerprint density at radius 1 is 0.973 bits per heavy atom. The number of hydrogen-bond acceptors (Lipinski definition) is 2. The minimum atomic E-state index is -0.999. The monoisotopic (exact) mass is 505 g/mol. The maximum atomic E-state index is 15.0. The van der Waals surface area contributed by atoms with Gasteiger partial charge < -0.3 is 10.0 Å². The smallest absolute Gasteiger partial charge is 0.335 e. The first-order valence-corrected chi connectivity index (χ1v) is 12.9. The fraction of sp³-hybridized carbons (Fsp3) is 0.323. The summed E-state index contributed by atoms with van der Waals surface area (Å²) < 4.78 is 42.4. The summed E-state index contributed by atoms with van der Waals surface area (Å²) in [6, 6.07) is 17.1. The molecule has 0 unspecified atom stereocenters. The van der Waals surface area contributed by atoms with Crippen LogP contribution in [0.15, 0.2) is 60.7 Å². The van der Waals surface area contributed by atoms with Gasteiger partial charge in [0.2, 0.25) is 0 Å². The first kappa shape index (κ1) is 25.3. The molecule has 37 heavy (non-hydrogen) atoms. The van der Waals surface area contributed by atoms with Crippen LogP contribution >= 0.6 is 0 Å². The van der Waals surface area contributed by atoms with Crippen LogP contribution in [0.5, 0.6) is 0 Å². The molecule has 0 amide bonds. The number of hydrogen-bond donors (Lipinski definition) is 1. The zero-order chi connectivity index (χ0) is 25.9. The highest BCUT2D eigenvalue weighted by Gasteiger charge is 2.27. The molecule has 1 fully saturated rings. The molecule has 1 heterocycles. The molecule has 0 bridgehead atoms. The molecule has 0 saturated carbocycles. The molecular formula is C31H30F3NO2. The number of carboxylic acid groups (broad SMARTS) is 1. The Balaban J connectivity index is 1.52. The molecule has 3 aromatic carbocycles. The summed E-state index contributed by atoms with van der Waals surface area (Å²) in [5.41, 5.74) is 5.27. The summed E-state index contributed by atoms with van der Waals surface area (Å²) in [5.74, 6) is -1.66. The van der Waals surface area contributed by atoms with E-state index in [1.54, 1.807) is 18.2 Å². The Kier molecular flexibility index (Phi) is 7.47. The van der Waals surface area contributed by atoms with Crippen LogP contribution in [0.1, 0.15) is 57.4 Å². The summed E-state index contributed by atoms with van der Waals surface area (Å²) in [7, 11) is 0. The van der Waals surface area contributed by atoms with Gasteiger partial charge in [-0.25, -0.2) is 13.6 Å². The molecule has 0 aromatic heterocycles. The second-order valence-corrected chi connectivity index (χ2v) is 10.1. The lowest BCUT2D eigenvalue weighted by Crippen LogP contribution is -2.47. The van der Waals surface area contributed by atoms with E-state index in [0.29, 0.717) is 37.2 Å². The molecule has 6 heteroatoms. The van der Waals surface area contributed by atoms with Gasteiger partial charge in [0.15, 0.2) is 0 Å². The van der Waals surface area contributed by atoms with Crippen molar-refractivity contribution in [1.29, 1.82) is 0 Å². The van der Waals surface area contributed by atoms with Gasteiger partial charge >= 0.3 is 5.97 Å². The second kappa shape index (κ2) is 10.9. The average Bonchev–Trinajstić information content (AvgIpc) is 3.04. The number of alkyl halides is 1. The van der Waals surface area contributed by atoms with Gasteiger partial charge in [0.1, 0.15) is 11.6 Å². The highest BCUT2D eigenvalue weighted by atomic mass is 19.1. The van der Waals surface area contributed by atoms with Gasteiger partial charge in [-0.2, -0.15) is 0 Å². The van der Waals surface area contributed by atoms with E-state index in [1.807, 2.05) is 12.1 Å². The van der Waals surface area contributed by atoms with Crippen LogP contribution in [0.2, 0.25) is 0 Å². The normalized spacial score (nSPS) is 16.3. The molecule has 1 saturated heterocycles. The minimum absolute atomic E-state index is 0.0143. The van der Waals surface area contributed by atoms with Crippen LogP contribution in [0, 0.1) is 17.6 Å². The van der Waals surface area contributed by atoms with Gasteiger partial charge in [0.05, 0.1) is 12.2 Å². The number of halogens is 3. The Morgan fingerprint density at radius 2 is 1.70 bits per heavy atom. The number of carboxylic acids is 1. The average molecular weight is 506 g/mol. The maximum Gasteiger partial charge on any atom is 0.335 e. The summed E-state index contributed by atoms with van der Waals surface area (Å²) in [6.45, 7) is 2.47. The van der Waals surface area contributed by atoms with E-state index in [0.717, 1.165) is 48.3 Å². The Hall–Kier alpha value is -3.38. The van der Waals surface area contributed by atoms with Crippen molar-refractivity contribution in [3.05, 3.63) is 106 Å². The van der Waals surface area contributed by atoms with Crippen molar-refractivity contribution in [3.8, 4) is 0 Å². The Bertz CT molecular complexity index is 1310. The van der Waals surface area contributed by atoms with Crippen molar-refractivity contribution in [2.45, 2.75) is 32.1 Å². The number of benzene rings is 3. The van der Waals surface area contributed by atoms with Gasteiger partial charge in [0, 0.05) is 25.2 Å². The van der Waals surface area contributed by atoms with Crippen molar-refractivity contribution in [3.63, 3.8) is 0 Å². The van der Waals surface area contributed by atoms with Crippen LogP contribution in [-0.4, -0.2) is 42.3 Å². The number of nitrogens with zero attached hydrogens (tertiary/aromatic N) is 1. The second-order valence-electron chi connectivity index (χ2n) is 10.1. The van der Waals surface area contributed by atoms with Gasteiger partial charge in [-0.3, -0.25) is 4.39 Å². The molecule has 5 rings (SSSR count). The van der Waals surface area contributed by atoms with Gasteiger partial charge in [-0.1, -0.05) is 36.4 Å². The lowest BCUT2D eigenvalue weighted by atomic mass is 9.86. The number of allylic oxidation sites excluding steroid dienone is 1. The molecular weight excluding hydrogens is 475 g/mol. The Morgan fingerprint density at radius 3 is 2.38 bits per heavy atom. The summed E-state index contributed by atoms with van der Waals surface area (Å²) in [4.78, 5) is 13.9. The predicted octanol–water partition coefficient (Wildman–Crippen LogP) is 6.79. The third-order valence-electron chi connectivity index (χ3n) is 7.47. The molecule has 0 atom stereocenters. The first-order chi connectivity index (χ1) is 17.9. The largest absolute Gasteiger partial charge is 0.478 e. The first-order valence-electron chi connectivity index (χ1n) is 12.9. The zero-order valence-corrected chi connectivity index (χ0v) is 20.7. The van der Waals surface area contributed by atoms with Crippen LogP contribution < -0.4 is 0 Å². The molecule has 2 aliphatic rings. The van der Waals surface area contributed by atoms with Crippen LogP contribution in [0.25, 0.3) is 11.1 Å². The van der Waals surface area contributed by atoms with E-state index in [-0.39, 0.29) is 17.8 Å². The van der Waals surface area contributed by atoms with Crippen molar-refractivity contribution in [2.75, 3.05) is 26.3 Å². The molecule has 1 aliphatic heterocycles. The van der Waals surface area contributed by atoms with Crippen molar-refractivity contribution >= 4 is 17.1 Å². The number of likely N-dealkylation sites (tertiary alicyclic amines) is 1. The summed E-state index contributed by atoms with van der Waals surface area (Å²) in [6.07, 6.45) is 3.26. The third kappa shape index (κ3) is 5.35. The quantitative estimate of drug-likeness (QED) is 0.366. The van der Waals surface area contributed by atoms with E-state index < -0.39 is 17.6 Å². The fourth-order valence-corrected chi connectivity index (χ4v) is 5.70. The molecule has 3 nitrogen and oxygen atoms in total. The number of aromatic carboxylic acids is 1. The summed E-state index contributed by atoms with van der Waals surface area (Å²) in [5, 5.41) is 9.50. The lowest BCUT2D eigenvalue weighted by molar-refractivity contribution is 0.0696. The predicted molar refractivity (Wildman–Crippen MR) is 139 cm³/mol. The molecule has 1 aliphatic carbocycles. The third-order valence-corrected chi connectivity index (χ3v) is 7.47. The highest BCUT2D eigenvalue weighted by molar-refractivity contribution is 6.00. The topological polar surface area (TPSA) is 40.5 Å². The van der Waals surface area contributed by atoms with Crippen molar-refractivity contribution in [1.82, 2.24) is 4.90 Å². The number of carbonyl (C=O) groups is 1. The number of fused-ring (bicyclic) bond motifs is 1. The lowest BCUT2D eigenvalue weighted by Gasteiger charge is -2.39. The van der Waals surface area contributed by atoms with Crippen LogP contribution in [0.4, 0.5) is 13.2 Å². The van der Waals surface area contributed by atoms with E-state index in [4.69, 9.17) is 0 Å². The van der Waals surface area contributed by atoms with E-state index in [9.17, 15) is 23.1 Å². The van der Waals surface area contributed by atoms with E-state index in [1.165, 1.54) is 23.8 Å². The van der Waals surface area contributed by atoms with Gasteiger partial charge in [0.25, 0.3) is 0 Å². The van der Waals surface area contributed by atoms with Gasteiger partial charge in [-0.15, -0.1) is 0 Å². The Labute approximate surface area is 215 Å².